The molecule has 2 fully saturated rings. The molecule has 2 unspecified atom stereocenters. The second-order valence-electron chi connectivity index (χ2n) is 13.4. The van der Waals surface area contributed by atoms with Gasteiger partial charge in [-0.2, -0.15) is 10.2 Å². The first-order valence-corrected chi connectivity index (χ1v) is 17.7. The van der Waals surface area contributed by atoms with Crippen LogP contribution in [0.1, 0.15) is 63.1 Å². The van der Waals surface area contributed by atoms with Gasteiger partial charge in [0.25, 0.3) is 0 Å². The third-order valence-electron chi connectivity index (χ3n) is 10.4. The molecule has 2 aliphatic heterocycles. The van der Waals surface area contributed by atoms with Gasteiger partial charge in [0.1, 0.15) is 36.2 Å². The Kier molecular flexibility index (Phi) is 9.80. The van der Waals surface area contributed by atoms with Gasteiger partial charge in [-0.05, 0) is 86.6 Å². The molecule has 7 rings (SSSR count). The SMILES string of the molecule is CCC(CC)n1ncn(-c2ccc(N3CCN(c4ccc(CCC5CCC(Cn6cncn6)(c6ccc(F)cc6F)O5)cc4)CC3)cc2)c1=O. The zero-order valence-electron chi connectivity index (χ0n) is 28.7. The highest BCUT2D eigenvalue weighted by atomic mass is 19.1. The molecule has 2 saturated heterocycles. The van der Waals surface area contributed by atoms with E-state index in [-0.39, 0.29) is 17.8 Å². The van der Waals surface area contributed by atoms with E-state index >= 15 is 0 Å². The van der Waals surface area contributed by atoms with Crippen LogP contribution >= 0.6 is 0 Å². The number of ether oxygens (including phenoxy) is 1. The number of hydrogen-bond donors (Lipinski definition) is 0. The van der Waals surface area contributed by atoms with Crippen LogP contribution in [0.25, 0.3) is 5.69 Å². The van der Waals surface area contributed by atoms with Crippen molar-refractivity contribution in [1.29, 1.82) is 0 Å². The molecule has 0 radical (unpaired) electrons. The van der Waals surface area contributed by atoms with E-state index in [0.717, 1.165) is 75.7 Å². The molecule has 2 aromatic heterocycles. The summed E-state index contributed by atoms with van der Waals surface area (Å²) in [6, 6.07) is 20.7. The van der Waals surface area contributed by atoms with Crippen LogP contribution in [-0.2, 0) is 23.3 Å². The number of piperazine rings is 1. The lowest BCUT2D eigenvalue weighted by Crippen LogP contribution is -2.46. The summed E-state index contributed by atoms with van der Waals surface area (Å²) in [7, 11) is 0. The van der Waals surface area contributed by atoms with Crippen molar-refractivity contribution in [3.05, 3.63) is 119 Å². The number of rotatable bonds is 12. The normalized spacial score (nSPS) is 19.5. The van der Waals surface area contributed by atoms with E-state index in [0.29, 0.717) is 18.5 Å². The summed E-state index contributed by atoms with van der Waals surface area (Å²) in [4.78, 5) is 21.8. The van der Waals surface area contributed by atoms with Crippen molar-refractivity contribution in [1.82, 2.24) is 29.1 Å². The zero-order valence-corrected chi connectivity index (χ0v) is 28.7. The topological polar surface area (TPSA) is 86.2 Å². The van der Waals surface area contributed by atoms with Crippen LogP contribution in [0, 0.1) is 11.6 Å². The van der Waals surface area contributed by atoms with Crippen LogP contribution < -0.4 is 15.5 Å². The third-order valence-corrected chi connectivity index (χ3v) is 10.4. The summed E-state index contributed by atoms with van der Waals surface area (Å²) in [6.45, 7) is 8.09. The fraction of sp³-hybridized carbons (Fsp3) is 0.421. The van der Waals surface area contributed by atoms with Gasteiger partial charge < -0.3 is 14.5 Å². The second-order valence-corrected chi connectivity index (χ2v) is 13.4. The number of nitrogens with zero attached hydrogens (tertiary/aromatic N) is 8. The minimum atomic E-state index is -0.930. The van der Waals surface area contributed by atoms with Crippen LogP contribution in [0.5, 0.6) is 0 Å². The average Bonchev–Trinajstić information content (AvgIpc) is 3.90. The van der Waals surface area contributed by atoms with Gasteiger partial charge in [0.15, 0.2) is 0 Å². The second kappa shape index (κ2) is 14.6. The first-order chi connectivity index (χ1) is 24.4. The van der Waals surface area contributed by atoms with Gasteiger partial charge in [0.2, 0.25) is 0 Å². The van der Waals surface area contributed by atoms with Crippen LogP contribution in [-0.4, -0.2) is 61.4 Å². The van der Waals surface area contributed by atoms with Crippen molar-refractivity contribution >= 4 is 11.4 Å². The number of aryl methyl sites for hydroxylation is 1. The van der Waals surface area contributed by atoms with Crippen molar-refractivity contribution in [2.75, 3.05) is 36.0 Å². The maximum absolute atomic E-state index is 15.0. The minimum Gasteiger partial charge on any atom is -0.368 e. The lowest BCUT2D eigenvalue weighted by Gasteiger charge is -2.37. The number of aromatic nitrogens is 6. The maximum atomic E-state index is 15.0. The van der Waals surface area contributed by atoms with E-state index in [9.17, 15) is 13.6 Å². The Balaban J connectivity index is 0.924. The van der Waals surface area contributed by atoms with Crippen LogP contribution in [0.2, 0.25) is 0 Å². The molecule has 2 atom stereocenters. The molecule has 0 bridgehead atoms. The van der Waals surface area contributed by atoms with Crippen LogP contribution in [0.15, 0.2) is 90.5 Å². The summed E-state index contributed by atoms with van der Waals surface area (Å²) in [5, 5.41) is 8.59. The summed E-state index contributed by atoms with van der Waals surface area (Å²) >= 11 is 0. The molecular weight excluding hydrogens is 638 g/mol. The highest BCUT2D eigenvalue weighted by molar-refractivity contribution is 5.54. The number of anilines is 2. The first-order valence-electron chi connectivity index (χ1n) is 17.7. The predicted octanol–water partition coefficient (Wildman–Crippen LogP) is 6.30. The van der Waals surface area contributed by atoms with E-state index in [2.05, 4.69) is 75.2 Å². The third kappa shape index (κ3) is 6.94. The highest BCUT2D eigenvalue weighted by Crippen LogP contribution is 2.43. The molecular formula is C38H44F2N8O2. The van der Waals surface area contributed by atoms with E-state index < -0.39 is 17.2 Å². The fourth-order valence-electron chi connectivity index (χ4n) is 7.50. The number of hydrogen-bond acceptors (Lipinski definition) is 7. The Hall–Kier alpha value is -4.84. The Bertz CT molecular complexity index is 1910. The summed E-state index contributed by atoms with van der Waals surface area (Å²) in [5.74, 6) is -1.21. The van der Waals surface area contributed by atoms with Gasteiger partial charge in [-0.15, -0.1) is 0 Å². The van der Waals surface area contributed by atoms with E-state index in [1.807, 2.05) is 12.1 Å². The lowest BCUT2D eigenvalue weighted by atomic mass is 9.89. The number of benzene rings is 3. The predicted molar refractivity (Wildman–Crippen MR) is 189 cm³/mol. The monoisotopic (exact) mass is 682 g/mol. The molecule has 50 heavy (non-hydrogen) atoms. The van der Waals surface area contributed by atoms with Crippen LogP contribution in [0.3, 0.4) is 0 Å². The summed E-state index contributed by atoms with van der Waals surface area (Å²) < 4.78 is 40.2. The van der Waals surface area contributed by atoms with Crippen molar-refractivity contribution in [2.24, 2.45) is 0 Å². The zero-order chi connectivity index (χ0) is 34.7. The Morgan fingerprint density at radius 3 is 2.14 bits per heavy atom. The Labute approximate surface area is 290 Å². The minimum absolute atomic E-state index is 0.0575. The van der Waals surface area contributed by atoms with Crippen molar-refractivity contribution in [3.63, 3.8) is 0 Å². The van der Waals surface area contributed by atoms with Gasteiger partial charge >= 0.3 is 5.69 Å². The standard InChI is InChI=1S/C38H44F2N8O2/c1-3-30(4-2)48-37(49)47(27-43-48)33-13-11-32(12-14-33)45-21-19-44(20-22-45)31-9-5-28(6-10-31)7-15-34-17-18-38(50-34,24-46-26-41-25-42-46)35-16-8-29(39)23-36(35)40/h5-6,8-14,16,23,25-27,30,34H,3-4,7,15,17-22,24H2,1-2H3. The van der Waals surface area contributed by atoms with Gasteiger partial charge in [-0.25, -0.2) is 32.5 Å². The van der Waals surface area contributed by atoms with Crippen molar-refractivity contribution in [2.45, 2.75) is 76.7 Å². The maximum Gasteiger partial charge on any atom is 0.350 e. The quantitative estimate of drug-likeness (QED) is 0.153. The van der Waals surface area contributed by atoms with Crippen molar-refractivity contribution < 1.29 is 13.5 Å². The lowest BCUT2D eigenvalue weighted by molar-refractivity contribution is -0.0634. The molecule has 10 nitrogen and oxygen atoms in total. The molecule has 5 aromatic rings. The molecule has 0 N–H and O–H groups in total. The Morgan fingerprint density at radius 1 is 0.860 bits per heavy atom. The summed E-state index contributed by atoms with van der Waals surface area (Å²) in [5.41, 5.74) is 3.72. The molecule has 0 aliphatic carbocycles. The molecule has 0 amide bonds. The first kappa shape index (κ1) is 33.6. The molecule has 262 valence electrons. The van der Waals surface area contributed by atoms with Crippen molar-refractivity contribution in [3.8, 4) is 5.69 Å². The molecule has 3 aromatic carbocycles. The Morgan fingerprint density at radius 2 is 1.52 bits per heavy atom. The largest absolute Gasteiger partial charge is 0.368 e. The van der Waals surface area contributed by atoms with E-state index in [4.69, 9.17) is 4.74 Å². The molecule has 4 heterocycles. The van der Waals surface area contributed by atoms with Gasteiger partial charge in [-0.3, -0.25) is 0 Å². The number of halogens is 2. The van der Waals surface area contributed by atoms with Gasteiger partial charge in [0, 0.05) is 49.2 Å². The average molecular weight is 683 g/mol. The van der Waals surface area contributed by atoms with E-state index in [1.54, 1.807) is 26.6 Å². The molecule has 2 aliphatic rings. The van der Waals surface area contributed by atoms with Crippen LogP contribution in [0.4, 0.5) is 20.2 Å². The van der Waals surface area contributed by atoms with Gasteiger partial charge in [-0.1, -0.05) is 32.0 Å². The fourth-order valence-corrected chi connectivity index (χ4v) is 7.50. The highest BCUT2D eigenvalue weighted by Gasteiger charge is 2.44. The van der Waals surface area contributed by atoms with Gasteiger partial charge in [0.05, 0.1) is 24.4 Å². The summed E-state index contributed by atoms with van der Waals surface area (Å²) in [6.07, 6.45) is 9.37. The molecule has 0 spiro atoms. The smallest absolute Gasteiger partial charge is 0.350 e. The van der Waals surface area contributed by atoms with E-state index in [1.165, 1.54) is 29.7 Å². The molecule has 0 saturated carbocycles. The molecule has 12 heteroatoms.